The lowest BCUT2D eigenvalue weighted by molar-refractivity contribution is -0.118. The van der Waals surface area contributed by atoms with Crippen LogP contribution in [-0.4, -0.2) is 23.7 Å². The van der Waals surface area contributed by atoms with E-state index in [0.717, 1.165) is 0 Å². The van der Waals surface area contributed by atoms with Crippen LogP contribution in [0.5, 0.6) is 0 Å². The van der Waals surface area contributed by atoms with Crippen molar-refractivity contribution in [3.05, 3.63) is 24.0 Å². The number of hydrogen-bond acceptors (Lipinski definition) is 3. The molecule has 1 amide bonds. The van der Waals surface area contributed by atoms with Gasteiger partial charge in [-0.2, -0.15) is 0 Å². The van der Waals surface area contributed by atoms with Crippen molar-refractivity contribution in [1.82, 2.24) is 0 Å². The number of ether oxygens (including phenoxy) is 1. The number of carbonyl (C=O) groups is 1. The summed E-state index contributed by atoms with van der Waals surface area (Å²) in [7, 11) is 1.55. The predicted octanol–water partition coefficient (Wildman–Crippen LogP) is 0.719. The molecule has 84 valence electrons. The lowest BCUT2D eigenvalue weighted by atomic mass is 9.82. The fourth-order valence-electron chi connectivity index (χ4n) is 1.66. The fraction of sp³-hybridized carbons (Fsp3) is 0.545. The van der Waals surface area contributed by atoms with E-state index in [1.807, 2.05) is 6.08 Å². The molecule has 3 N–H and O–H groups in total. The Kier molecular flexibility index (Phi) is 3.52. The van der Waals surface area contributed by atoms with Crippen LogP contribution in [0.2, 0.25) is 0 Å². The predicted molar refractivity (Wildman–Crippen MR) is 56.8 cm³/mol. The van der Waals surface area contributed by atoms with Gasteiger partial charge in [0.05, 0.1) is 12.7 Å². The van der Waals surface area contributed by atoms with E-state index in [0.29, 0.717) is 12.2 Å². The van der Waals surface area contributed by atoms with Crippen LogP contribution in [0.3, 0.4) is 0 Å². The van der Waals surface area contributed by atoms with Gasteiger partial charge in [0.2, 0.25) is 5.91 Å². The largest absolute Gasteiger partial charge is 0.497 e. The SMILES string of the molecule is COC1=CC(C)(O)C(CCC(N)=O)C=C1. The van der Waals surface area contributed by atoms with Gasteiger partial charge < -0.3 is 15.6 Å². The smallest absolute Gasteiger partial charge is 0.217 e. The van der Waals surface area contributed by atoms with Crippen molar-refractivity contribution in [3.8, 4) is 0 Å². The molecule has 2 atom stereocenters. The van der Waals surface area contributed by atoms with Gasteiger partial charge in [0.1, 0.15) is 5.76 Å². The number of hydrogen-bond donors (Lipinski definition) is 2. The molecule has 1 aliphatic carbocycles. The number of aliphatic hydroxyl groups is 1. The molecule has 4 heteroatoms. The van der Waals surface area contributed by atoms with Gasteiger partial charge in [-0.05, 0) is 25.5 Å². The Bertz CT molecular complexity index is 305. The number of methoxy groups -OCH3 is 1. The number of rotatable bonds is 4. The molecular weight excluding hydrogens is 194 g/mol. The number of primary amides is 1. The zero-order chi connectivity index (χ0) is 11.5. The number of nitrogens with two attached hydrogens (primary N) is 1. The van der Waals surface area contributed by atoms with Crippen LogP contribution in [0, 0.1) is 5.92 Å². The third kappa shape index (κ3) is 3.09. The fourth-order valence-corrected chi connectivity index (χ4v) is 1.66. The second-order valence-electron chi connectivity index (χ2n) is 3.95. The Morgan fingerprint density at radius 1 is 1.73 bits per heavy atom. The molecule has 4 nitrogen and oxygen atoms in total. The lowest BCUT2D eigenvalue weighted by Gasteiger charge is -2.31. The molecule has 0 radical (unpaired) electrons. The summed E-state index contributed by atoms with van der Waals surface area (Å²) in [6.45, 7) is 1.70. The average molecular weight is 211 g/mol. The number of amides is 1. The minimum Gasteiger partial charge on any atom is -0.497 e. The average Bonchev–Trinajstić information content (AvgIpc) is 2.14. The lowest BCUT2D eigenvalue weighted by Crippen LogP contribution is -2.34. The van der Waals surface area contributed by atoms with Crippen molar-refractivity contribution in [1.29, 1.82) is 0 Å². The summed E-state index contributed by atoms with van der Waals surface area (Å²) in [6.07, 6.45) is 6.12. The standard InChI is InChI=1S/C11H17NO3/c1-11(14)7-9(15-2)5-3-8(11)4-6-10(12)13/h3,5,7-8,14H,4,6H2,1-2H3,(H2,12,13). The summed E-state index contributed by atoms with van der Waals surface area (Å²) in [4.78, 5) is 10.6. The second-order valence-corrected chi connectivity index (χ2v) is 3.95. The molecule has 0 bridgehead atoms. The highest BCUT2D eigenvalue weighted by Crippen LogP contribution is 2.30. The molecule has 0 aliphatic heterocycles. The molecule has 0 saturated heterocycles. The summed E-state index contributed by atoms with van der Waals surface area (Å²) in [6, 6.07) is 0. The molecule has 0 aromatic rings. The van der Waals surface area contributed by atoms with E-state index in [-0.39, 0.29) is 18.2 Å². The van der Waals surface area contributed by atoms with Gasteiger partial charge in [0, 0.05) is 12.3 Å². The van der Waals surface area contributed by atoms with Crippen LogP contribution in [0.15, 0.2) is 24.0 Å². The molecule has 0 fully saturated rings. The first-order chi connectivity index (χ1) is 6.95. The molecule has 1 rings (SSSR count). The topological polar surface area (TPSA) is 72.6 Å². The molecule has 0 aromatic heterocycles. The number of carbonyl (C=O) groups excluding carboxylic acids is 1. The summed E-state index contributed by atoms with van der Waals surface area (Å²) >= 11 is 0. The third-order valence-corrected chi connectivity index (χ3v) is 2.62. The third-order valence-electron chi connectivity index (χ3n) is 2.62. The normalized spacial score (nSPS) is 29.8. The van der Waals surface area contributed by atoms with Gasteiger partial charge in [0.25, 0.3) is 0 Å². The van der Waals surface area contributed by atoms with Crippen LogP contribution < -0.4 is 5.73 Å². The van der Waals surface area contributed by atoms with Gasteiger partial charge in [-0.1, -0.05) is 6.08 Å². The Morgan fingerprint density at radius 3 is 2.87 bits per heavy atom. The first-order valence-electron chi connectivity index (χ1n) is 4.91. The van der Waals surface area contributed by atoms with Gasteiger partial charge in [0.15, 0.2) is 0 Å². The van der Waals surface area contributed by atoms with Gasteiger partial charge in [-0.25, -0.2) is 0 Å². The highest BCUT2D eigenvalue weighted by Gasteiger charge is 2.31. The van der Waals surface area contributed by atoms with E-state index >= 15 is 0 Å². The van der Waals surface area contributed by atoms with Crippen molar-refractivity contribution in [2.45, 2.75) is 25.4 Å². The molecular formula is C11H17NO3. The molecule has 2 unspecified atom stereocenters. The van der Waals surface area contributed by atoms with E-state index in [2.05, 4.69) is 0 Å². The van der Waals surface area contributed by atoms with E-state index in [4.69, 9.17) is 10.5 Å². The van der Waals surface area contributed by atoms with E-state index < -0.39 is 5.60 Å². The van der Waals surface area contributed by atoms with Crippen molar-refractivity contribution >= 4 is 5.91 Å². The van der Waals surface area contributed by atoms with Gasteiger partial charge in [-0.15, -0.1) is 0 Å². The molecule has 0 aromatic carbocycles. The van der Waals surface area contributed by atoms with Crippen LogP contribution in [-0.2, 0) is 9.53 Å². The minimum atomic E-state index is -0.977. The van der Waals surface area contributed by atoms with Crippen molar-refractivity contribution in [3.63, 3.8) is 0 Å². The summed E-state index contributed by atoms with van der Waals surface area (Å²) in [5.74, 6) is 0.194. The quantitative estimate of drug-likeness (QED) is 0.719. The van der Waals surface area contributed by atoms with Crippen LogP contribution in [0.4, 0.5) is 0 Å². The maximum Gasteiger partial charge on any atom is 0.217 e. The first-order valence-corrected chi connectivity index (χ1v) is 4.91. The second kappa shape index (κ2) is 4.49. The molecule has 0 saturated carbocycles. The zero-order valence-corrected chi connectivity index (χ0v) is 9.06. The van der Waals surface area contributed by atoms with E-state index in [1.165, 1.54) is 0 Å². The van der Waals surface area contributed by atoms with Crippen LogP contribution >= 0.6 is 0 Å². The number of allylic oxidation sites excluding steroid dienone is 1. The maximum atomic E-state index is 10.6. The summed E-state index contributed by atoms with van der Waals surface area (Å²) < 4.78 is 5.02. The van der Waals surface area contributed by atoms with E-state index in [9.17, 15) is 9.90 Å². The Hall–Kier alpha value is -1.29. The van der Waals surface area contributed by atoms with Crippen molar-refractivity contribution < 1.29 is 14.6 Å². The molecule has 15 heavy (non-hydrogen) atoms. The summed E-state index contributed by atoms with van der Waals surface area (Å²) in [5.41, 5.74) is 4.09. The maximum absolute atomic E-state index is 10.6. The summed E-state index contributed by atoms with van der Waals surface area (Å²) in [5, 5.41) is 10.1. The highest BCUT2D eigenvalue weighted by atomic mass is 16.5. The molecule has 0 spiro atoms. The molecule has 1 aliphatic rings. The van der Waals surface area contributed by atoms with Crippen LogP contribution in [0.25, 0.3) is 0 Å². The minimum absolute atomic E-state index is 0.0936. The Labute approximate surface area is 89.4 Å². The van der Waals surface area contributed by atoms with E-state index in [1.54, 1.807) is 26.2 Å². The Balaban J connectivity index is 2.66. The van der Waals surface area contributed by atoms with Gasteiger partial charge in [-0.3, -0.25) is 4.79 Å². The van der Waals surface area contributed by atoms with Crippen LogP contribution in [0.1, 0.15) is 19.8 Å². The molecule has 0 heterocycles. The first kappa shape index (κ1) is 11.8. The monoisotopic (exact) mass is 211 g/mol. The Morgan fingerprint density at radius 2 is 2.40 bits per heavy atom. The zero-order valence-electron chi connectivity index (χ0n) is 9.06. The van der Waals surface area contributed by atoms with Crippen molar-refractivity contribution in [2.75, 3.05) is 7.11 Å². The highest BCUT2D eigenvalue weighted by molar-refractivity contribution is 5.73. The van der Waals surface area contributed by atoms with Crippen molar-refractivity contribution in [2.24, 2.45) is 11.7 Å². The van der Waals surface area contributed by atoms with Gasteiger partial charge >= 0.3 is 0 Å².